The minimum atomic E-state index is -3.86. The molecule has 6 nitrogen and oxygen atoms in total. The normalized spacial score (nSPS) is 11.0. The van der Waals surface area contributed by atoms with E-state index >= 15 is 0 Å². The summed E-state index contributed by atoms with van der Waals surface area (Å²) in [6.45, 7) is 1.42. The van der Waals surface area contributed by atoms with E-state index in [1.54, 1.807) is 31.2 Å². The van der Waals surface area contributed by atoms with E-state index in [0.29, 0.717) is 22.0 Å². The molecule has 0 heterocycles. The number of halogens is 2. The molecule has 0 aromatic heterocycles. The van der Waals surface area contributed by atoms with Crippen molar-refractivity contribution >= 4 is 38.9 Å². The van der Waals surface area contributed by atoms with Crippen molar-refractivity contribution in [3.05, 3.63) is 83.1 Å². The highest BCUT2D eigenvalue weighted by Crippen LogP contribution is 2.24. The number of anilines is 2. The van der Waals surface area contributed by atoms with Crippen LogP contribution in [0.15, 0.2) is 71.6 Å². The summed E-state index contributed by atoms with van der Waals surface area (Å²) < 4.78 is 45.9. The number of carbonyl (C=O) groups excluding carboxylic acids is 1. The molecule has 0 aliphatic rings. The Kier molecular flexibility index (Phi) is 6.59. The zero-order valence-electron chi connectivity index (χ0n) is 15.9. The quantitative estimate of drug-likeness (QED) is 0.553. The number of rotatable bonds is 7. The lowest BCUT2D eigenvalue weighted by molar-refractivity contribution is -0.118. The highest BCUT2D eigenvalue weighted by atomic mass is 35.5. The van der Waals surface area contributed by atoms with Gasteiger partial charge in [-0.1, -0.05) is 11.6 Å². The van der Waals surface area contributed by atoms with Crippen LogP contribution in [0.5, 0.6) is 5.75 Å². The third kappa shape index (κ3) is 5.71. The Hall–Kier alpha value is -3.10. The average Bonchev–Trinajstić information content (AvgIpc) is 2.70. The van der Waals surface area contributed by atoms with Crippen molar-refractivity contribution in [1.82, 2.24) is 0 Å². The van der Waals surface area contributed by atoms with Crippen LogP contribution in [0.25, 0.3) is 0 Å². The molecule has 0 aliphatic heterocycles. The summed E-state index contributed by atoms with van der Waals surface area (Å²) in [6.07, 6.45) is 0. The first-order valence-corrected chi connectivity index (χ1v) is 10.7. The van der Waals surface area contributed by atoms with E-state index in [2.05, 4.69) is 10.0 Å². The molecular weight excluding hydrogens is 431 g/mol. The molecular formula is C21H18ClFN2O4S. The van der Waals surface area contributed by atoms with E-state index in [0.717, 1.165) is 12.1 Å². The molecule has 156 valence electrons. The summed E-state index contributed by atoms with van der Waals surface area (Å²) in [7, 11) is -3.86. The molecule has 0 bridgehead atoms. The number of amides is 1. The summed E-state index contributed by atoms with van der Waals surface area (Å²) in [4.78, 5) is 12.0. The molecule has 0 fully saturated rings. The molecule has 9 heteroatoms. The van der Waals surface area contributed by atoms with Crippen molar-refractivity contribution in [3.8, 4) is 5.75 Å². The highest BCUT2D eigenvalue weighted by molar-refractivity contribution is 7.92. The van der Waals surface area contributed by atoms with E-state index in [4.69, 9.17) is 16.3 Å². The van der Waals surface area contributed by atoms with Crippen molar-refractivity contribution in [2.75, 3.05) is 16.6 Å². The second kappa shape index (κ2) is 9.15. The highest BCUT2D eigenvalue weighted by Gasteiger charge is 2.16. The molecule has 0 spiro atoms. The van der Waals surface area contributed by atoms with Gasteiger partial charge >= 0.3 is 0 Å². The number of ether oxygens (including phenoxy) is 1. The Bertz CT molecular complexity index is 1150. The molecule has 3 aromatic carbocycles. The van der Waals surface area contributed by atoms with Gasteiger partial charge in [-0.15, -0.1) is 0 Å². The fraction of sp³-hybridized carbons (Fsp3) is 0.0952. The maximum Gasteiger partial charge on any atom is 0.262 e. The van der Waals surface area contributed by atoms with Gasteiger partial charge in [-0.2, -0.15) is 0 Å². The van der Waals surface area contributed by atoms with Crippen molar-refractivity contribution in [1.29, 1.82) is 0 Å². The van der Waals surface area contributed by atoms with Gasteiger partial charge < -0.3 is 10.1 Å². The molecule has 3 rings (SSSR count). The third-order valence-corrected chi connectivity index (χ3v) is 5.67. The van der Waals surface area contributed by atoms with Gasteiger partial charge in [0.1, 0.15) is 11.6 Å². The molecule has 2 N–H and O–H groups in total. The smallest absolute Gasteiger partial charge is 0.262 e. The molecule has 0 aliphatic carbocycles. The van der Waals surface area contributed by atoms with Gasteiger partial charge in [-0.3, -0.25) is 9.52 Å². The van der Waals surface area contributed by atoms with Gasteiger partial charge in [-0.05, 0) is 79.2 Å². The van der Waals surface area contributed by atoms with Crippen LogP contribution >= 0.6 is 11.6 Å². The summed E-state index contributed by atoms with van der Waals surface area (Å²) in [5, 5.41) is 3.23. The summed E-state index contributed by atoms with van der Waals surface area (Å²) in [5.74, 6) is -0.455. The van der Waals surface area contributed by atoms with Crippen LogP contribution < -0.4 is 14.8 Å². The van der Waals surface area contributed by atoms with Crippen LogP contribution in [0.1, 0.15) is 5.56 Å². The second-order valence-corrected chi connectivity index (χ2v) is 8.50. The standard InChI is InChI=1S/C21H18ClFN2O4S/c1-14-12-19(30(27,28)25-18-8-4-16(23)5-9-18)10-11-20(14)29-13-21(26)24-17-6-2-15(22)3-7-17/h2-12,25H,13H2,1H3,(H,24,26). The fourth-order valence-corrected chi connectivity index (χ4v) is 3.83. The van der Waals surface area contributed by atoms with E-state index in [1.807, 2.05) is 0 Å². The first-order valence-electron chi connectivity index (χ1n) is 8.80. The van der Waals surface area contributed by atoms with Gasteiger partial charge in [0.2, 0.25) is 0 Å². The minimum absolute atomic E-state index is 0.0160. The monoisotopic (exact) mass is 448 g/mol. The average molecular weight is 449 g/mol. The van der Waals surface area contributed by atoms with Crippen molar-refractivity contribution in [2.45, 2.75) is 11.8 Å². The van der Waals surface area contributed by atoms with Crippen LogP contribution in [0, 0.1) is 12.7 Å². The van der Waals surface area contributed by atoms with Crippen LogP contribution in [-0.4, -0.2) is 20.9 Å². The molecule has 0 unspecified atom stereocenters. The van der Waals surface area contributed by atoms with Crippen LogP contribution in [-0.2, 0) is 14.8 Å². The summed E-state index contributed by atoms with van der Waals surface area (Å²) in [5.41, 5.74) is 1.36. The summed E-state index contributed by atoms with van der Waals surface area (Å²) >= 11 is 5.80. The molecule has 1 amide bonds. The topological polar surface area (TPSA) is 84.5 Å². The molecule has 0 radical (unpaired) electrons. The molecule has 0 atom stereocenters. The van der Waals surface area contributed by atoms with Gasteiger partial charge in [0.15, 0.2) is 6.61 Å². The fourth-order valence-electron chi connectivity index (χ4n) is 2.56. The third-order valence-electron chi connectivity index (χ3n) is 4.04. The van der Waals surface area contributed by atoms with Crippen molar-refractivity contribution in [2.24, 2.45) is 0 Å². The number of hydrogen-bond acceptors (Lipinski definition) is 4. The van der Waals surface area contributed by atoms with Gasteiger partial charge in [-0.25, -0.2) is 12.8 Å². The predicted octanol–water partition coefficient (Wildman–Crippen LogP) is 4.61. The molecule has 0 saturated carbocycles. The first-order chi connectivity index (χ1) is 14.2. The van der Waals surface area contributed by atoms with E-state index in [9.17, 15) is 17.6 Å². The maximum atomic E-state index is 13.0. The van der Waals surface area contributed by atoms with E-state index < -0.39 is 15.8 Å². The number of benzene rings is 3. The first kappa shape index (κ1) is 21.6. The molecule has 0 saturated heterocycles. The van der Waals surface area contributed by atoms with E-state index in [1.165, 1.54) is 30.3 Å². The van der Waals surface area contributed by atoms with Crippen LogP contribution in [0.2, 0.25) is 5.02 Å². The van der Waals surface area contributed by atoms with Crippen LogP contribution in [0.4, 0.5) is 15.8 Å². The zero-order chi connectivity index (χ0) is 21.7. The predicted molar refractivity (Wildman–Crippen MR) is 114 cm³/mol. The van der Waals surface area contributed by atoms with Crippen molar-refractivity contribution < 1.29 is 22.3 Å². The Labute approximate surface area is 178 Å². The molecule has 30 heavy (non-hydrogen) atoms. The van der Waals surface area contributed by atoms with Gasteiger partial charge in [0.25, 0.3) is 15.9 Å². The van der Waals surface area contributed by atoms with Gasteiger partial charge in [0.05, 0.1) is 4.90 Å². The minimum Gasteiger partial charge on any atom is -0.483 e. The second-order valence-electron chi connectivity index (χ2n) is 6.38. The lowest BCUT2D eigenvalue weighted by Crippen LogP contribution is -2.20. The lowest BCUT2D eigenvalue weighted by Gasteiger charge is -2.12. The number of carbonyl (C=O) groups is 1. The summed E-state index contributed by atoms with van der Waals surface area (Å²) in [6, 6.07) is 15.9. The molecule has 3 aromatic rings. The number of aryl methyl sites for hydroxylation is 1. The number of nitrogens with one attached hydrogen (secondary N) is 2. The Morgan fingerprint density at radius 1 is 1.00 bits per heavy atom. The SMILES string of the molecule is Cc1cc(S(=O)(=O)Nc2ccc(F)cc2)ccc1OCC(=O)Nc1ccc(Cl)cc1. The number of hydrogen-bond donors (Lipinski definition) is 2. The lowest BCUT2D eigenvalue weighted by atomic mass is 10.2. The van der Waals surface area contributed by atoms with Crippen LogP contribution in [0.3, 0.4) is 0 Å². The van der Waals surface area contributed by atoms with E-state index in [-0.39, 0.29) is 23.1 Å². The largest absolute Gasteiger partial charge is 0.483 e. The zero-order valence-corrected chi connectivity index (χ0v) is 17.4. The Morgan fingerprint density at radius 2 is 1.63 bits per heavy atom. The Balaban J connectivity index is 1.63. The maximum absolute atomic E-state index is 13.0. The van der Waals surface area contributed by atoms with Crippen molar-refractivity contribution in [3.63, 3.8) is 0 Å². The number of sulfonamides is 1. The Morgan fingerprint density at radius 3 is 2.27 bits per heavy atom. The van der Waals surface area contributed by atoms with Gasteiger partial charge in [0, 0.05) is 16.4 Å².